The summed E-state index contributed by atoms with van der Waals surface area (Å²) in [5.41, 5.74) is 13.4. The predicted octanol–water partition coefficient (Wildman–Crippen LogP) is 2.62. The molecule has 0 spiro atoms. The van der Waals surface area contributed by atoms with E-state index in [9.17, 15) is 8.42 Å². The van der Waals surface area contributed by atoms with Crippen molar-refractivity contribution in [2.75, 3.05) is 39.5 Å². The molecule has 1 N–H and O–H groups in total. The van der Waals surface area contributed by atoms with Gasteiger partial charge in [0, 0.05) is 60.2 Å². The lowest BCUT2D eigenvalue weighted by molar-refractivity contribution is 0.219. The maximum Gasteiger partial charge on any atom is 0.211 e. The van der Waals surface area contributed by atoms with E-state index in [0.717, 1.165) is 24.1 Å². The molecule has 0 saturated carbocycles. The molecule has 2 atom stereocenters. The first-order valence-corrected chi connectivity index (χ1v) is 11.2. The van der Waals surface area contributed by atoms with E-state index >= 15 is 0 Å². The van der Waals surface area contributed by atoms with Crippen molar-refractivity contribution in [1.29, 1.82) is 0 Å². The molecule has 8 nitrogen and oxygen atoms in total. The van der Waals surface area contributed by atoms with Crippen LogP contribution in [0.2, 0.25) is 0 Å². The lowest BCUT2D eigenvalue weighted by atomic mass is 9.76. The number of aromatic amines is 1. The molecule has 2 aromatic rings. The van der Waals surface area contributed by atoms with Gasteiger partial charge in [0.05, 0.1) is 6.26 Å². The normalized spacial score (nSPS) is 22.0. The van der Waals surface area contributed by atoms with Gasteiger partial charge in [0.25, 0.3) is 0 Å². The number of nitrogens with zero attached hydrogens (tertiary/aromatic N) is 5. The smallest absolute Gasteiger partial charge is 0.211 e. The van der Waals surface area contributed by atoms with Gasteiger partial charge in [0.2, 0.25) is 10.0 Å². The van der Waals surface area contributed by atoms with Crippen molar-refractivity contribution >= 4 is 20.9 Å². The SMILES string of the molecule is CN1CC(CN(CCN=[N+]=[N-])S(C)(=O)=O)=C[C@@H]2c3cccc4[nH]cc(c34)C[C@H]21. The van der Waals surface area contributed by atoms with Crippen LogP contribution in [0.25, 0.3) is 21.3 Å². The second-order valence-corrected chi connectivity index (χ2v) is 9.65. The molecule has 0 radical (unpaired) electrons. The quantitative estimate of drug-likeness (QED) is 0.349. The Morgan fingerprint density at radius 1 is 1.43 bits per heavy atom. The van der Waals surface area contributed by atoms with Gasteiger partial charge in [-0.1, -0.05) is 23.3 Å². The molecule has 1 aromatic carbocycles. The van der Waals surface area contributed by atoms with Crippen molar-refractivity contribution in [2.45, 2.75) is 18.4 Å². The number of azide groups is 1. The average molecular weight is 401 g/mol. The summed E-state index contributed by atoms with van der Waals surface area (Å²) in [6.07, 6.45) is 6.54. The lowest BCUT2D eigenvalue weighted by Gasteiger charge is -2.42. The number of rotatable bonds is 6. The van der Waals surface area contributed by atoms with Crippen LogP contribution in [0.3, 0.4) is 0 Å². The molecule has 1 aliphatic carbocycles. The summed E-state index contributed by atoms with van der Waals surface area (Å²) >= 11 is 0. The summed E-state index contributed by atoms with van der Waals surface area (Å²) in [5, 5.41) is 4.79. The van der Waals surface area contributed by atoms with Crippen LogP contribution in [0.15, 0.2) is 41.2 Å². The molecular formula is C19H24N6O2S. The van der Waals surface area contributed by atoms with Crippen molar-refractivity contribution in [3.05, 3.63) is 57.6 Å². The van der Waals surface area contributed by atoms with Gasteiger partial charge < -0.3 is 4.98 Å². The van der Waals surface area contributed by atoms with Crippen LogP contribution in [0, 0.1) is 0 Å². The largest absolute Gasteiger partial charge is 0.361 e. The summed E-state index contributed by atoms with van der Waals surface area (Å²) in [6.45, 7) is 1.37. The number of sulfonamides is 1. The van der Waals surface area contributed by atoms with Gasteiger partial charge in [-0.05, 0) is 41.8 Å². The maximum atomic E-state index is 12.2. The monoisotopic (exact) mass is 400 g/mol. The van der Waals surface area contributed by atoms with Gasteiger partial charge in [-0.25, -0.2) is 8.42 Å². The summed E-state index contributed by atoms with van der Waals surface area (Å²) < 4.78 is 25.8. The zero-order chi connectivity index (χ0) is 19.9. The second-order valence-electron chi connectivity index (χ2n) is 7.67. The van der Waals surface area contributed by atoms with Crippen molar-refractivity contribution in [1.82, 2.24) is 14.2 Å². The Morgan fingerprint density at radius 3 is 3.00 bits per heavy atom. The molecule has 0 amide bonds. The molecule has 0 saturated heterocycles. The molecule has 4 rings (SSSR count). The fraction of sp³-hybridized carbons (Fsp3) is 0.474. The number of aromatic nitrogens is 1. The van der Waals surface area contributed by atoms with Gasteiger partial charge in [-0.15, -0.1) is 0 Å². The van der Waals surface area contributed by atoms with E-state index in [1.54, 1.807) is 0 Å². The first-order valence-electron chi connectivity index (χ1n) is 9.33. The molecule has 1 aromatic heterocycles. The molecule has 0 bridgehead atoms. The fourth-order valence-corrected chi connectivity index (χ4v) is 5.37. The van der Waals surface area contributed by atoms with Crippen LogP contribution < -0.4 is 0 Å². The number of hydrogen-bond acceptors (Lipinski definition) is 4. The summed E-state index contributed by atoms with van der Waals surface area (Å²) in [4.78, 5) is 8.41. The van der Waals surface area contributed by atoms with Gasteiger partial charge >= 0.3 is 0 Å². The minimum Gasteiger partial charge on any atom is -0.361 e. The van der Waals surface area contributed by atoms with Gasteiger partial charge in [0.1, 0.15) is 0 Å². The number of likely N-dealkylation sites (N-methyl/N-ethyl adjacent to an activating group) is 1. The molecule has 148 valence electrons. The van der Waals surface area contributed by atoms with E-state index in [2.05, 4.69) is 57.4 Å². The minimum atomic E-state index is -3.39. The summed E-state index contributed by atoms with van der Waals surface area (Å²) in [6, 6.07) is 6.72. The van der Waals surface area contributed by atoms with Crippen molar-refractivity contribution in [3.8, 4) is 0 Å². The fourth-order valence-electron chi connectivity index (χ4n) is 4.55. The standard InChI is InChI=1S/C19H24N6O2S/c1-24-11-13(12-25(28(2,26)27)7-6-22-23-20)8-16-15-4-3-5-17-19(15)14(10-21-17)9-18(16)24/h3-5,8,10,16,18,21H,6-7,9,11-12H2,1-2H3/t16-,18-/m1/s1. The van der Waals surface area contributed by atoms with E-state index in [1.807, 2.05) is 0 Å². The van der Waals surface area contributed by atoms with E-state index < -0.39 is 10.0 Å². The van der Waals surface area contributed by atoms with Gasteiger partial charge in [0.15, 0.2) is 0 Å². The molecule has 9 heteroatoms. The third-order valence-corrected chi connectivity index (χ3v) is 7.07. The Hall–Kier alpha value is -2.32. The number of H-pyrrole nitrogens is 1. The Bertz CT molecular complexity index is 1080. The first-order chi connectivity index (χ1) is 13.4. The molecular weight excluding hydrogens is 376 g/mol. The Labute approximate surface area is 164 Å². The van der Waals surface area contributed by atoms with Crippen LogP contribution in [-0.4, -0.2) is 68.1 Å². The Balaban J connectivity index is 1.67. The van der Waals surface area contributed by atoms with Crippen molar-refractivity contribution in [2.24, 2.45) is 5.11 Å². The predicted molar refractivity (Wildman–Crippen MR) is 110 cm³/mol. The van der Waals surface area contributed by atoms with Crippen LogP contribution in [0.1, 0.15) is 17.0 Å². The minimum absolute atomic E-state index is 0.130. The van der Waals surface area contributed by atoms with Crippen molar-refractivity contribution in [3.63, 3.8) is 0 Å². The van der Waals surface area contributed by atoms with Crippen LogP contribution >= 0.6 is 0 Å². The maximum absolute atomic E-state index is 12.2. The molecule has 0 unspecified atom stereocenters. The average Bonchev–Trinajstić information content (AvgIpc) is 3.06. The number of fused-ring (bicyclic) bond motifs is 2. The second kappa shape index (κ2) is 7.25. The van der Waals surface area contributed by atoms with E-state index in [0.29, 0.717) is 12.6 Å². The molecule has 2 aliphatic rings. The molecule has 0 fully saturated rings. The van der Waals surface area contributed by atoms with E-state index in [4.69, 9.17) is 5.53 Å². The van der Waals surface area contributed by atoms with Gasteiger partial charge in [-0.3, -0.25) is 4.90 Å². The van der Waals surface area contributed by atoms with Crippen LogP contribution in [0.4, 0.5) is 0 Å². The zero-order valence-corrected chi connectivity index (χ0v) is 16.9. The third kappa shape index (κ3) is 3.42. The first kappa shape index (κ1) is 19.0. The number of hydrogen-bond donors (Lipinski definition) is 1. The molecule has 1 aliphatic heterocycles. The van der Waals surface area contributed by atoms with E-state index in [1.165, 1.54) is 27.1 Å². The Kier molecular flexibility index (Phi) is 4.93. The topological polar surface area (TPSA) is 105 Å². The zero-order valence-electron chi connectivity index (χ0n) is 16.0. The number of nitrogens with one attached hydrogen (secondary N) is 1. The number of benzene rings is 1. The summed E-state index contributed by atoms with van der Waals surface area (Å²) in [5.74, 6) is 0.235. The summed E-state index contributed by atoms with van der Waals surface area (Å²) in [7, 11) is -1.28. The van der Waals surface area contributed by atoms with Crippen LogP contribution in [0.5, 0.6) is 0 Å². The van der Waals surface area contributed by atoms with Gasteiger partial charge in [-0.2, -0.15) is 4.31 Å². The Morgan fingerprint density at radius 2 is 2.25 bits per heavy atom. The lowest BCUT2D eigenvalue weighted by Crippen LogP contribution is -2.46. The molecule has 2 heterocycles. The highest BCUT2D eigenvalue weighted by atomic mass is 32.2. The highest BCUT2D eigenvalue weighted by Gasteiger charge is 2.36. The van der Waals surface area contributed by atoms with Crippen molar-refractivity contribution < 1.29 is 8.42 Å². The van der Waals surface area contributed by atoms with Crippen LogP contribution in [-0.2, 0) is 16.4 Å². The highest BCUT2D eigenvalue weighted by Crippen LogP contribution is 2.41. The molecule has 28 heavy (non-hydrogen) atoms. The van der Waals surface area contributed by atoms with E-state index in [-0.39, 0.29) is 19.0 Å². The third-order valence-electron chi connectivity index (χ3n) is 5.82. The highest BCUT2D eigenvalue weighted by molar-refractivity contribution is 7.88.